The third-order valence-electron chi connectivity index (χ3n) is 8.70. The van der Waals surface area contributed by atoms with Gasteiger partial charge in [-0.05, 0) is 55.4 Å². The highest BCUT2D eigenvalue weighted by Gasteiger charge is 2.63. The fourth-order valence-electron chi connectivity index (χ4n) is 6.68. The number of likely N-dealkylation sites (N-methyl/N-ethyl adjacent to an activating group) is 1. The highest BCUT2D eigenvalue weighted by atomic mass is 32.2. The first kappa shape index (κ1) is 31.4. The Kier molecular flexibility index (Phi) is 7.16. The van der Waals surface area contributed by atoms with E-state index in [1.54, 1.807) is 6.07 Å². The molecular weight excluding hydrogens is 611 g/mol. The van der Waals surface area contributed by atoms with E-state index < -0.39 is 85.9 Å². The number of allylic oxidation sites excluding steroid dienone is 1. The van der Waals surface area contributed by atoms with Crippen LogP contribution in [0.15, 0.2) is 46.9 Å². The van der Waals surface area contributed by atoms with Crippen molar-refractivity contribution in [2.75, 3.05) is 21.1 Å². The summed E-state index contributed by atoms with van der Waals surface area (Å²) in [4.78, 5) is 40.8. The zero-order chi connectivity index (χ0) is 32.8. The molecule has 0 aliphatic heterocycles. The number of hydrogen-bond donors (Lipinski definition) is 5. The van der Waals surface area contributed by atoms with Crippen molar-refractivity contribution >= 4 is 38.3 Å². The number of ketones is 2. The SMILES string of the molecule is CN(C)[C@@H]1C(O)=C(C(N)=O)C(=O)[C@@]2(O)C(O)=C3C(=O)c4c(cc5ccc(CN(C)S(=O)(=O)C(F)(F)F)cc5c4O)C[C@H]3C[C@@H]12. The van der Waals surface area contributed by atoms with E-state index in [-0.39, 0.29) is 39.2 Å². The summed E-state index contributed by atoms with van der Waals surface area (Å²) in [7, 11) is -1.87. The van der Waals surface area contributed by atoms with E-state index >= 15 is 0 Å². The third kappa shape index (κ3) is 4.30. The molecule has 0 saturated heterocycles. The van der Waals surface area contributed by atoms with Crippen LogP contribution in [0.4, 0.5) is 13.2 Å². The number of aromatic hydroxyl groups is 1. The van der Waals surface area contributed by atoms with Crippen LogP contribution in [0.5, 0.6) is 5.75 Å². The van der Waals surface area contributed by atoms with Crippen LogP contribution in [0.2, 0.25) is 0 Å². The minimum atomic E-state index is -5.64. The molecule has 0 radical (unpaired) electrons. The highest BCUT2D eigenvalue weighted by molar-refractivity contribution is 7.89. The summed E-state index contributed by atoms with van der Waals surface area (Å²) in [6.45, 7) is -0.706. The molecule has 1 amide bonds. The summed E-state index contributed by atoms with van der Waals surface area (Å²) < 4.78 is 62.6. The van der Waals surface area contributed by atoms with Crippen molar-refractivity contribution in [3.63, 3.8) is 0 Å². The van der Waals surface area contributed by atoms with Crippen LogP contribution in [0, 0.1) is 11.8 Å². The Morgan fingerprint density at radius 2 is 1.75 bits per heavy atom. The predicted octanol–water partition coefficient (Wildman–Crippen LogP) is 1.56. The van der Waals surface area contributed by atoms with Gasteiger partial charge in [-0.2, -0.15) is 17.5 Å². The number of aliphatic hydroxyl groups excluding tert-OH is 2. The smallest absolute Gasteiger partial charge is 0.510 e. The normalized spacial score (nSPS) is 25.9. The monoisotopic (exact) mass is 639 g/mol. The summed E-state index contributed by atoms with van der Waals surface area (Å²) in [5.41, 5.74) is -4.19. The highest BCUT2D eigenvalue weighted by Crippen LogP contribution is 2.52. The van der Waals surface area contributed by atoms with E-state index in [0.29, 0.717) is 10.9 Å². The first-order valence-electron chi connectivity index (χ1n) is 13.2. The molecule has 16 heteroatoms. The molecule has 0 fully saturated rings. The number of fused-ring (bicyclic) bond motifs is 4. The largest absolute Gasteiger partial charge is 0.511 e. The van der Waals surface area contributed by atoms with Gasteiger partial charge in [-0.25, -0.2) is 8.42 Å². The van der Waals surface area contributed by atoms with Gasteiger partial charge in [0.1, 0.15) is 22.8 Å². The predicted molar refractivity (Wildman–Crippen MR) is 148 cm³/mol. The minimum Gasteiger partial charge on any atom is -0.510 e. The van der Waals surface area contributed by atoms with Gasteiger partial charge in [0.25, 0.3) is 5.91 Å². The second-order valence-corrected chi connectivity index (χ2v) is 13.5. The number of hydrogen-bond acceptors (Lipinski definition) is 10. The number of phenolic OH excluding ortho intramolecular Hbond substituents is 1. The fraction of sp³-hybridized carbons (Fsp3) is 0.393. The zero-order valence-electron chi connectivity index (χ0n) is 23.5. The van der Waals surface area contributed by atoms with Crippen molar-refractivity contribution in [2.45, 2.75) is 36.5 Å². The molecule has 0 heterocycles. The first-order chi connectivity index (χ1) is 20.2. The number of halogens is 3. The number of Topliss-reactive ketones (excluding diaryl/α,β-unsaturated/α-hetero) is 2. The number of amides is 1. The molecule has 6 N–H and O–H groups in total. The Labute approximate surface area is 248 Å². The van der Waals surface area contributed by atoms with Gasteiger partial charge in [-0.1, -0.05) is 18.2 Å². The Morgan fingerprint density at radius 3 is 2.32 bits per heavy atom. The fourth-order valence-corrected chi connectivity index (χ4v) is 7.35. The Morgan fingerprint density at radius 1 is 1.11 bits per heavy atom. The Balaban J connectivity index is 1.62. The van der Waals surface area contributed by atoms with Gasteiger partial charge >= 0.3 is 15.5 Å². The topological polar surface area (TPSA) is 199 Å². The van der Waals surface area contributed by atoms with Crippen molar-refractivity contribution in [3.8, 4) is 5.75 Å². The Bertz CT molecular complexity index is 1830. The summed E-state index contributed by atoms with van der Waals surface area (Å²) in [5.74, 6) is -7.95. The molecule has 3 aliphatic carbocycles. The molecule has 0 aromatic heterocycles. The number of rotatable bonds is 5. The molecule has 12 nitrogen and oxygen atoms in total. The summed E-state index contributed by atoms with van der Waals surface area (Å²) in [6, 6.07) is 4.48. The van der Waals surface area contributed by atoms with E-state index in [2.05, 4.69) is 0 Å². The lowest BCUT2D eigenvalue weighted by Gasteiger charge is -2.50. The number of carbonyl (C=O) groups excluding carboxylic acids is 3. The van der Waals surface area contributed by atoms with Crippen LogP contribution in [0.25, 0.3) is 10.8 Å². The van der Waals surface area contributed by atoms with Crippen molar-refractivity contribution in [3.05, 3.63) is 63.6 Å². The maximum atomic E-state index is 13.9. The second kappa shape index (κ2) is 10.0. The number of primary amides is 1. The van der Waals surface area contributed by atoms with Gasteiger partial charge in [0, 0.05) is 30.5 Å². The second-order valence-electron chi connectivity index (χ2n) is 11.5. The van der Waals surface area contributed by atoms with Crippen LogP contribution < -0.4 is 5.73 Å². The average Bonchev–Trinajstić information content (AvgIpc) is 2.90. The molecule has 0 spiro atoms. The van der Waals surface area contributed by atoms with Crippen LogP contribution in [0.1, 0.15) is 27.9 Å². The molecule has 5 rings (SSSR count). The molecule has 0 unspecified atom stereocenters. The van der Waals surface area contributed by atoms with Gasteiger partial charge in [-0.3, -0.25) is 19.3 Å². The van der Waals surface area contributed by atoms with Crippen LogP contribution in [0.3, 0.4) is 0 Å². The molecule has 0 saturated carbocycles. The maximum Gasteiger partial charge on any atom is 0.511 e. The van der Waals surface area contributed by atoms with E-state index in [9.17, 15) is 56.4 Å². The van der Waals surface area contributed by atoms with Crippen molar-refractivity contribution in [1.82, 2.24) is 9.21 Å². The number of sulfonamides is 1. The van der Waals surface area contributed by atoms with Gasteiger partial charge in [0.2, 0.25) is 5.78 Å². The van der Waals surface area contributed by atoms with Gasteiger partial charge in [-0.15, -0.1) is 0 Å². The number of benzene rings is 2. The van der Waals surface area contributed by atoms with Crippen molar-refractivity contribution < 1.29 is 56.4 Å². The Hall–Kier alpha value is -3.99. The lowest BCUT2D eigenvalue weighted by Crippen LogP contribution is -2.63. The number of phenols is 1. The van der Waals surface area contributed by atoms with E-state index in [4.69, 9.17) is 5.73 Å². The molecule has 4 atom stereocenters. The number of nitrogens with two attached hydrogens (primary N) is 1. The molecular formula is C28H28F3N3O9S. The maximum absolute atomic E-state index is 13.9. The quantitative estimate of drug-likeness (QED) is 0.299. The van der Waals surface area contributed by atoms with E-state index in [1.165, 1.54) is 37.2 Å². The lowest BCUT2D eigenvalue weighted by atomic mass is 9.58. The van der Waals surface area contributed by atoms with Crippen LogP contribution in [-0.4, -0.2) is 93.8 Å². The summed E-state index contributed by atoms with van der Waals surface area (Å²) in [6.07, 6.45) is -0.0458. The molecule has 236 valence electrons. The number of carbonyl (C=O) groups is 3. The number of nitrogens with zero attached hydrogens (tertiary/aromatic N) is 2. The summed E-state index contributed by atoms with van der Waals surface area (Å²) >= 11 is 0. The first-order valence-corrected chi connectivity index (χ1v) is 14.6. The molecule has 2 aromatic rings. The third-order valence-corrected chi connectivity index (χ3v) is 10.2. The number of aliphatic hydroxyl groups is 3. The van der Waals surface area contributed by atoms with Crippen LogP contribution >= 0.6 is 0 Å². The molecule has 2 aromatic carbocycles. The molecule has 44 heavy (non-hydrogen) atoms. The van der Waals surface area contributed by atoms with Crippen molar-refractivity contribution in [1.29, 1.82) is 0 Å². The lowest BCUT2D eigenvalue weighted by molar-refractivity contribution is -0.148. The van der Waals surface area contributed by atoms with Gasteiger partial charge in [0.05, 0.1) is 11.6 Å². The zero-order valence-corrected chi connectivity index (χ0v) is 24.3. The molecule has 0 bridgehead atoms. The van der Waals surface area contributed by atoms with E-state index in [0.717, 1.165) is 7.05 Å². The van der Waals surface area contributed by atoms with E-state index in [1.807, 2.05) is 0 Å². The van der Waals surface area contributed by atoms with Crippen molar-refractivity contribution in [2.24, 2.45) is 17.6 Å². The molecule has 3 aliphatic rings. The average molecular weight is 640 g/mol. The minimum absolute atomic E-state index is 0.00336. The standard InChI is InChI=1S/C28H28F3N3O9S/c1-33(2)20-16-9-14-8-13-7-12-5-4-11(10-34(3)44(42,43)28(29,30)31)6-15(12)21(35)17(13)22(36)18(14)24(38)27(16,41)25(39)19(23(20)37)26(32)40/h4-7,14,16,20,35,37-38,41H,8-10H2,1-3H3,(H2,32,40)/t14-,16-,20-,27-/m0/s1. The van der Waals surface area contributed by atoms with Gasteiger partial charge < -0.3 is 26.2 Å². The summed E-state index contributed by atoms with van der Waals surface area (Å²) in [5, 5.41) is 45.5. The van der Waals surface area contributed by atoms with Gasteiger partial charge in [0.15, 0.2) is 11.4 Å². The van der Waals surface area contributed by atoms with Crippen LogP contribution in [-0.2, 0) is 32.6 Å². The number of alkyl halides is 3.